The van der Waals surface area contributed by atoms with Crippen molar-refractivity contribution in [2.45, 2.75) is 6.92 Å². The van der Waals surface area contributed by atoms with Crippen LogP contribution in [0.5, 0.6) is 0 Å². The molecule has 0 bridgehead atoms. The lowest BCUT2D eigenvalue weighted by atomic mass is 10.2. The molecule has 0 aromatic heterocycles. The quantitative estimate of drug-likeness (QED) is 0.768. The topological polar surface area (TPSA) is 121 Å². The average molecular weight is 358 g/mol. The van der Waals surface area contributed by atoms with Gasteiger partial charge in [0.2, 0.25) is 10.0 Å². The van der Waals surface area contributed by atoms with E-state index >= 15 is 0 Å². The Labute approximate surface area is 125 Å². The van der Waals surface area contributed by atoms with E-state index in [1.54, 1.807) is 4.72 Å². The summed E-state index contributed by atoms with van der Waals surface area (Å²) in [4.78, 5) is 10.7. The van der Waals surface area contributed by atoms with Gasteiger partial charge in [-0.25, -0.2) is 22.0 Å². The first-order valence-electron chi connectivity index (χ1n) is 5.63. The maximum absolute atomic E-state index is 13.9. The van der Waals surface area contributed by atoms with Crippen LogP contribution in [0, 0.1) is 11.6 Å². The van der Waals surface area contributed by atoms with E-state index in [0.717, 1.165) is 0 Å². The van der Waals surface area contributed by atoms with Crippen LogP contribution in [0.4, 0.5) is 14.5 Å². The maximum Gasteiger partial charge on any atom is 0.341 e. The van der Waals surface area contributed by atoms with Crippen molar-refractivity contribution in [3.05, 3.63) is 29.3 Å². The Kier molecular flexibility index (Phi) is 5.10. The molecule has 1 aromatic carbocycles. The summed E-state index contributed by atoms with van der Waals surface area (Å²) >= 11 is 0. The zero-order valence-corrected chi connectivity index (χ0v) is 13.0. The number of nitrogens with zero attached hydrogens (tertiary/aromatic N) is 1. The van der Waals surface area contributed by atoms with Gasteiger partial charge in [-0.1, -0.05) is 10.6 Å². The molecule has 124 valence electrons. The Balaban J connectivity index is 3.37. The van der Waals surface area contributed by atoms with E-state index < -0.39 is 55.6 Å². The summed E-state index contributed by atoms with van der Waals surface area (Å²) in [6.45, 7) is 0.757. The predicted molar refractivity (Wildman–Crippen MR) is 73.1 cm³/mol. The summed E-state index contributed by atoms with van der Waals surface area (Å²) in [6, 6.07) is 1.19. The van der Waals surface area contributed by atoms with Gasteiger partial charge in [0, 0.05) is 6.54 Å². The Morgan fingerprint density at radius 1 is 1.27 bits per heavy atom. The second-order valence-electron chi connectivity index (χ2n) is 4.05. The van der Waals surface area contributed by atoms with Crippen LogP contribution in [-0.2, 0) is 20.2 Å². The first-order valence-corrected chi connectivity index (χ1v) is 8.92. The highest BCUT2D eigenvalue weighted by Gasteiger charge is 2.31. The SMILES string of the molecule is CCN(S(C)(=O)=O)S(=O)(=O)Nc1ccc(F)c(C(=O)O)c1F. The Morgan fingerprint density at radius 2 is 1.82 bits per heavy atom. The molecule has 0 saturated heterocycles. The van der Waals surface area contributed by atoms with Crippen LogP contribution in [0.15, 0.2) is 12.1 Å². The largest absolute Gasteiger partial charge is 0.477 e. The van der Waals surface area contributed by atoms with Crippen LogP contribution in [0.25, 0.3) is 0 Å². The van der Waals surface area contributed by atoms with E-state index in [9.17, 15) is 30.4 Å². The normalized spacial score (nSPS) is 12.4. The van der Waals surface area contributed by atoms with Crippen molar-refractivity contribution in [1.29, 1.82) is 0 Å². The number of hydrogen-bond acceptors (Lipinski definition) is 5. The Hall–Kier alpha value is -1.79. The molecule has 8 nitrogen and oxygen atoms in total. The molecule has 0 atom stereocenters. The Morgan fingerprint density at radius 3 is 2.23 bits per heavy atom. The van der Waals surface area contributed by atoms with E-state index in [-0.39, 0.29) is 3.71 Å². The zero-order chi connectivity index (χ0) is 17.3. The number of aromatic carboxylic acids is 1. The first kappa shape index (κ1) is 18.3. The van der Waals surface area contributed by atoms with Gasteiger partial charge in [-0.2, -0.15) is 8.42 Å². The highest BCUT2D eigenvalue weighted by atomic mass is 32.3. The third-order valence-corrected chi connectivity index (χ3v) is 6.11. The third-order valence-electron chi connectivity index (χ3n) is 2.44. The first-order chi connectivity index (χ1) is 9.91. The third kappa shape index (κ3) is 3.69. The summed E-state index contributed by atoms with van der Waals surface area (Å²) in [7, 11) is -8.89. The Bertz CT molecular complexity index is 807. The van der Waals surface area contributed by atoms with Crippen LogP contribution in [-0.4, -0.2) is 44.4 Å². The summed E-state index contributed by atoms with van der Waals surface area (Å²) in [5, 5.41) is 8.69. The number of rotatable bonds is 6. The van der Waals surface area contributed by atoms with Gasteiger partial charge in [-0.05, 0) is 12.1 Å². The van der Waals surface area contributed by atoms with Crippen molar-refractivity contribution in [2.75, 3.05) is 17.5 Å². The number of anilines is 1. The highest BCUT2D eigenvalue weighted by molar-refractivity contribution is 8.04. The molecule has 0 fully saturated rings. The molecule has 0 heterocycles. The van der Waals surface area contributed by atoms with Gasteiger partial charge >= 0.3 is 16.2 Å². The molecule has 0 aliphatic rings. The molecule has 1 aromatic rings. The van der Waals surface area contributed by atoms with E-state index in [1.165, 1.54) is 6.92 Å². The molecular formula is C10H12F2N2O6S2. The minimum atomic E-state index is -4.72. The van der Waals surface area contributed by atoms with Crippen molar-refractivity contribution >= 4 is 31.9 Å². The lowest BCUT2D eigenvalue weighted by molar-refractivity contribution is 0.0686. The van der Waals surface area contributed by atoms with Gasteiger partial charge in [0.1, 0.15) is 11.4 Å². The van der Waals surface area contributed by atoms with Crippen molar-refractivity contribution in [1.82, 2.24) is 3.71 Å². The minimum Gasteiger partial charge on any atom is -0.477 e. The van der Waals surface area contributed by atoms with Gasteiger partial charge in [0.05, 0.1) is 11.9 Å². The average Bonchev–Trinajstić information content (AvgIpc) is 2.30. The molecule has 1 rings (SSSR count). The number of nitrogens with one attached hydrogen (secondary N) is 1. The summed E-state index contributed by atoms with van der Waals surface area (Å²) in [5.74, 6) is -5.00. The molecule has 0 aliphatic carbocycles. The van der Waals surface area contributed by atoms with Crippen LogP contribution in [0.3, 0.4) is 0 Å². The summed E-state index contributed by atoms with van der Waals surface area (Å²) < 4.78 is 75.3. The molecule has 2 N–H and O–H groups in total. The van der Waals surface area contributed by atoms with E-state index in [2.05, 4.69) is 0 Å². The minimum absolute atomic E-state index is 0.0449. The van der Waals surface area contributed by atoms with Gasteiger partial charge in [-0.15, -0.1) is 0 Å². The number of carbonyl (C=O) groups is 1. The highest BCUT2D eigenvalue weighted by Crippen LogP contribution is 2.23. The number of hydrogen-bond donors (Lipinski definition) is 2. The molecule has 22 heavy (non-hydrogen) atoms. The van der Waals surface area contributed by atoms with Gasteiger partial charge in [0.25, 0.3) is 0 Å². The van der Waals surface area contributed by atoms with E-state index in [0.29, 0.717) is 18.4 Å². The van der Waals surface area contributed by atoms with E-state index in [1.807, 2.05) is 0 Å². The fourth-order valence-corrected chi connectivity index (χ4v) is 4.48. The standard InChI is InChI=1S/C10H12F2N2O6S2/c1-3-14(21(2,17)18)22(19,20)13-7-5-4-6(11)8(9(7)12)10(15)16/h4-5,13H,3H2,1-2H3,(H,15,16). The molecule has 12 heteroatoms. The fourth-order valence-electron chi connectivity index (χ4n) is 1.60. The molecule has 0 radical (unpaired) electrons. The van der Waals surface area contributed by atoms with Crippen LogP contribution in [0.2, 0.25) is 0 Å². The van der Waals surface area contributed by atoms with Crippen LogP contribution < -0.4 is 4.72 Å². The number of carboxylic acids is 1. The monoisotopic (exact) mass is 358 g/mol. The van der Waals surface area contributed by atoms with Crippen LogP contribution >= 0.6 is 0 Å². The summed E-state index contributed by atoms with van der Waals surface area (Å²) in [5.41, 5.74) is -2.25. The van der Waals surface area contributed by atoms with Crippen molar-refractivity contribution in [3.8, 4) is 0 Å². The van der Waals surface area contributed by atoms with E-state index in [4.69, 9.17) is 5.11 Å². The molecule has 0 aliphatic heterocycles. The van der Waals surface area contributed by atoms with Gasteiger partial charge in [0.15, 0.2) is 5.82 Å². The predicted octanol–water partition coefficient (Wildman–Crippen LogP) is 0.601. The molecular weight excluding hydrogens is 346 g/mol. The second kappa shape index (κ2) is 6.14. The van der Waals surface area contributed by atoms with Crippen molar-refractivity contribution < 1.29 is 35.5 Å². The molecule has 0 saturated carbocycles. The molecule has 0 unspecified atom stereocenters. The number of sulfonamides is 1. The number of carboxylic acid groups (broad SMARTS) is 1. The van der Waals surface area contributed by atoms with Gasteiger partial charge < -0.3 is 5.11 Å². The van der Waals surface area contributed by atoms with Gasteiger partial charge in [-0.3, -0.25) is 4.72 Å². The number of benzene rings is 1. The zero-order valence-electron chi connectivity index (χ0n) is 11.4. The van der Waals surface area contributed by atoms with Crippen molar-refractivity contribution in [3.63, 3.8) is 0 Å². The number of halogens is 2. The smallest absolute Gasteiger partial charge is 0.341 e. The fraction of sp³-hybridized carbons (Fsp3) is 0.300. The maximum atomic E-state index is 13.9. The van der Waals surface area contributed by atoms with Crippen LogP contribution in [0.1, 0.15) is 17.3 Å². The second-order valence-corrected chi connectivity index (χ2v) is 7.78. The molecule has 0 amide bonds. The molecule has 0 spiro atoms. The lowest BCUT2D eigenvalue weighted by Crippen LogP contribution is -2.40. The van der Waals surface area contributed by atoms with Crippen molar-refractivity contribution in [2.24, 2.45) is 0 Å². The lowest BCUT2D eigenvalue weighted by Gasteiger charge is -2.19. The summed E-state index contributed by atoms with van der Waals surface area (Å²) in [6.07, 6.45) is 0.624.